The van der Waals surface area contributed by atoms with Crippen LogP contribution in [0.4, 0.5) is 10.1 Å². The van der Waals surface area contributed by atoms with Gasteiger partial charge in [-0.15, -0.1) is 0 Å². The number of aryl methyl sites for hydroxylation is 1. The number of aromatic nitrogens is 1. The minimum Gasteiger partial charge on any atom is -0.368 e. The fraction of sp³-hybridized carbons (Fsp3) is 0.304. The number of nitrogens with one attached hydrogen (secondary N) is 1. The quantitative estimate of drug-likeness (QED) is 0.728. The molecule has 0 radical (unpaired) electrons. The smallest absolute Gasteiger partial charge is 0.246 e. The molecule has 2 aliphatic heterocycles. The van der Waals surface area contributed by atoms with Gasteiger partial charge in [-0.25, -0.2) is 4.39 Å². The Bertz CT molecular complexity index is 1090. The van der Waals surface area contributed by atoms with Crippen molar-refractivity contribution in [2.24, 2.45) is 0 Å². The van der Waals surface area contributed by atoms with Crippen molar-refractivity contribution in [2.75, 3.05) is 24.6 Å². The second-order valence-electron chi connectivity index (χ2n) is 7.83. The Morgan fingerprint density at radius 1 is 1.21 bits per heavy atom. The molecule has 0 unspecified atom stereocenters. The number of ether oxygens (including phenoxy) is 1. The highest BCUT2D eigenvalue weighted by molar-refractivity contribution is 5.92. The molecule has 1 aromatic heterocycles. The number of hydrogen-bond acceptors (Lipinski definition) is 4. The predicted molar refractivity (Wildman–Crippen MR) is 109 cm³/mol. The number of halogens is 1. The van der Waals surface area contributed by atoms with Crippen LogP contribution in [0.1, 0.15) is 17.7 Å². The summed E-state index contributed by atoms with van der Waals surface area (Å²) in [5, 5.41) is 4.01. The first-order valence-corrected chi connectivity index (χ1v) is 9.85. The molecule has 148 valence electrons. The number of carbonyl (C=O) groups is 1. The van der Waals surface area contributed by atoms with Crippen LogP contribution in [0.5, 0.6) is 0 Å². The lowest BCUT2D eigenvalue weighted by Crippen LogP contribution is -2.66. The minimum absolute atomic E-state index is 0.0534. The van der Waals surface area contributed by atoms with Crippen molar-refractivity contribution in [3.8, 4) is 0 Å². The third-order valence-electron chi connectivity index (χ3n) is 6.00. The molecule has 2 aliphatic rings. The van der Waals surface area contributed by atoms with Crippen LogP contribution in [0.25, 0.3) is 10.9 Å². The highest BCUT2D eigenvalue weighted by Crippen LogP contribution is 2.39. The zero-order valence-corrected chi connectivity index (χ0v) is 16.2. The Morgan fingerprint density at radius 2 is 2.03 bits per heavy atom. The summed E-state index contributed by atoms with van der Waals surface area (Å²) in [5.41, 5.74) is 3.13. The summed E-state index contributed by atoms with van der Waals surface area (Å²) in [4.78, 5) is 19.0. The van der Waals surface area contributed by atoms with E-state index in [9.17, 15) is 9.18 Å². The van der Waals surface area contributed by atoms with Gasteiger partial charge in [0.1, 0.15) is 18.5 Å². The molecule has 1 amide bonds. The molecule has 5 rings (SSSR count). The van der Waals surface area contributed by atoms with Gasteiger partial charge >= 0.3 is 0 Å². The second kappa shape index (κ2) is 6.81. The van der Waals surface area contributed by atoms with E-state index in [4.69, 9.17) is 4.74 Å². The van der Waals surface area contributed by atoms with E-state index in [1.54, 1.807) is 12.1 Å². The lowest BCUT2D eigenvalue weighted by Gasteiger charge is -2.51. The highest BCUT2D eigenvalue weighted by atomic mass is 19.1. The van der Waals surface area contributed by atoms with Gasteiger partial charge in [0.2, 0.25) is 5.91 Å². The van der Waals surface area contributed by atoms with E-state index in [1.807, 2.05) is 43.3 Å². The third kappa shape index (κ3) is 3.04. The minimum atomic E-state index is -0.545. The number of morpholine rings is 1. The number of benzene rings is 2. The summed E-state index contributed by atoms with van der Waals surface area (Å²) in [6.45, 7) is 3.31. The lowest BCUT2D eigenvalue weighted by atomic mass is 9.77. The van der Waals surface area contributed by atoms with E-state index in [2.05, 4.69) is 15.2 Å². The van der Waals surface area contributed by atoms with Gasteiger partial charge in [-0.3, -0.25) is 9.78 Å². The van der Waals surface area contributed by atoms with Crippen molar-refractivity contribution in [3.63, 3.8) is 0 Å². The maximum absolute atomic E-state index is 14.0. The van der Waals surface area contributed by atoms with Crippen LogP contribution in [0, 0.1) is 12.7 Å². The maximum Gasteiger partial charge on any atom is 0.246 e. The maximum atomic E-state index is 14.0. The number of nitrogens with zero attached hydrogens (tertiary/aromatic N) is 2. The first kappa shape index (κ1) is 18.1. The second-order valence-corrected chi connectivity index (χ2v) is 7.83. The molecular weight excluding hydrogens is 369 g/mol. The Hall–Kier alpha value is -2.99. The SMILES string of the molecule is Cc1cc(N2CC[C@@]3(c4ccccc4)NC(=O)CO[C@@H]3C2)c2cc(F)ccc2n1. The molecule has 6 heteroatoms. The van der Waals surface area contributed by atoms with E-state index in [1.165, 1.54) is 6.07 Å². The number of hydrogen-bond donors (Lipinski definition) is 1. The number of carbonyl (C=O) groups excluding carboxylic acids is 1. The first-order chi connectivity index (χ1) is 14.0. The van der Waals surface area contributed by atoms with Crippen molar-refractivity contribution < 1.29 is 13.9 Å². The van der Waals surface area contributed by atoms with Crippen molar-refractivity contribution in [3.05, 3.63) is 71.7 Å². The van der Waals surface area contributed by atoms with Crippen molar-refractivity contribution >= 4 is 22.5 Å². The van der Waals surface area contributed by atoms with Gasteiger partial charge in [0.05, 0.1) is 11.1 Å². The molecule has 5 nitrogen and oxygen atoms in total. The van der Waals surface area contributed by atoms with Crippen molar-refractivity contribution in [2.45, 2.75) is 25.0 Å². The fourth-order valence-electron chi connectivity index (χ4n) is 4.65. The lowest BCUT2D eigenvalue weighted by molar-refractivity contribution is -0.146. The molecule has 0 bridgehead atoms. The van der Waals surface area contributed by atoms with E-state index >= 15 is 0 Å². The fourth-order valence-corrected chi connectivity index (χ4v) is 4.65. The molecule has 2 atom stereocenters. The van der Waals surface area contributed by atoms with Gasteiger partial charge in [-0.2, -0.15) is 0 Å². The Kier molecular flexibility index (Phi) is 4.24. The predicted octanol–water partition coefficient (Wildman–Crippen LogP) is 3.30. The highest BCUT2D eigenvalue weighted by Gasteiger charge is 2.49. The van der Waals surface area contributed by atoms with E-state index in [0.717, 1.165) is 27.8 Å². The average molecular weight is 391 g/mol. The van der Waals surface area contributed by atoms with Gasteiger partial charge in [-0.05, 0) is 43.2 Å². The van der Waals surface area contributed by atoms with E-state index in [-0.39, 0.29) is 24.4 Å². The van der Waals surface area contributed by atoms with Gasteiger partial charge in [0.25, 0.3) is 0 Å². The molecule has 0 spiro atoms. The summed E-state index contributed by atoms with van der Waals surface area (Å²) in [6.07, 6.45) is 0.499. The van der Waals surface area contributed by atoms with Crippen molar-refractivity contribution in [1.29, 1.82) is 0 Å². The van der Waals surface area contributed by atoms with Crippen molar-refractivity contribution in [1.82, 2.24) is 10.3 Å². The average Bonchev–Trinajstić information content (AvgIpc) is 2.73. The summed E-state index contributed by atoms with van der Waals surface area (Å²) in [6, 6.07) is 16.7. The van der Waals surface area contributed by atoms with Crippen LogP contribution >= 0.6 is 0 Å². The van der Waals surface area contributed by atoms with Gasteiger partial charge in [0.15, 0.2) is 0 Å². The molecule has 0 saturated carbocycles. The van der Waals surface area contributed by atoms with Crippen LogP contribution in [0.3, 0.4) is 0 Å². The number of pyridine rings is 1. The number of fused-ring (bicyclic) bond motifs is 2. The summed E-state index contributed by atoms with van der Waals surface area (Å²) in [5.74, 6) is -0.368. The molecule has 3 heterocycles. The third-order valence-corrected chi connectivity index (χ3v) is 6.00. The van der Waals surface area contributed by atoms with Crippen LogP contribution in [-0.2, 0) is 15.1 Å². The number of rotatable bonds is 2. The zero-order chi connectivity index (χ0) is 20.0. The Labute approximate surface area is 168 Å². The van der Waals surface area contributed by atoms with Gasteiger partial charge in [0, 0.05) is 29.9 Å². The summed E-state index contributed by atoms with van der Waals surface area (Å²) in [7, 11) is 0. The molecular formula is C23H22FN3O2. The zero-order valence-electron chi connectivity index (χ0n) is 16.2. The van der Waals surface area contributed by atoms with E-state index in [0.29, 0.717) is 19.5 Å². The van der Waals surface area contributed by atoms with Crippen LogP contribution in [-0.4, -0.2) is 36.7 Å². The molecule has 2 fully saturated rings. The molecule has 2 saturated heterocycles. The molecule has 2 aromatic carbocycles. The number of piperidine rings is 1. The molecule has 3 aromatic rings. The molecule has 0 aliphatic carbocycles. The first-order valence-electron chi connectivity index (χ1n) is 9.85. The molecule has 29 heavy (non-hydrogen) atoms. The normalized spacial score (nSPS) is 24.3. The molecule has 1 N–H and O–H groups in total. The van der Waals surface area contributed by atoms with Crippen LogP contribution in [0.15, 0.2) is 54.6 Å². The largest absolute Gasteiger partial charge is 0.368 e. The number of amides is 1. The van der Waals surface area contributed by atoms with Crippen LogP contribution < -0.4 is 10.2 Å². The van der Waals surface area contributed by atoms with Crippen LogP contribution in [0.2, 0.25) is 0 Å². The van der Waals surface area contributed by atoms with Gasteiger partial charge in [-0.1, -0.05) is 30.3 Å². The summed E-state index contributed by atoms with van der Waals surface area (Å²) < 4.78 is 20.0. The summed E-state index contributed by atoms with van der Waals surface area (Å²) >= 11 is 0. The Morgan fingerprint density at radius 3 is 2.86 bits per heavy atom. The number of anilines is 1. The standard InChI is InChI=1S/C23H22FN3O2/c1-15-11-20(18-12-17(24)7-8-19(18)25-15)27-10-9-23(16-5-3-2-4-6-16)21(13-27)29-14-22(28)26-23/h2-8,11-12,21H,9-10,13-14H2,1H3,(H,26,28)/t21-,23+/m1/s1. The monoisotopic (exact) mass is 391 g/mol. The Balaban J connectivity index is 1.55. The van der Waals surface area contributed by atoms with Gasteiger partial charge < -0.3 is 15.0 Å². The topological polar surface area (TPSA) is 54.5 Å². The van der Waals surface area contributed by atoms with E-state index < -0.39 is 5.54 Å².